The van der Waals surface area contributed by atoms with E-state index in [2.05, 4.69) is 49.4 Å². The summed E-state index contributed by atoms with van der Waals surface area (Å²) < 4.78 is 0. The summed E-state index contributed by atoms with van der Waals surface area (Å²) in [6, 6.07) is 2.13. The van der Waals surface area contributed by atoms with E-state index in [4.69, 9.17) is 0 Å². The van der Waals surface area contributed by atoms with Crippen molar-refractivity contribution < 1.29 is 0 Å². The molecule has 0 aliphatic heterocycles. The molecule has 3 nitrogen and oxygen atoms in total. The fourth-order valence-corrected chi connectivity index (χ4v) is 1.72. The first-order chi connectivity index (χ1) is 7.33. The normalized spacial score (nSPS) is 11.6. The van der Waals surface area contributed by atoms with Crippen LogP contribution in [0, 0.1) is 13.8 Å². The summed E-state index contributed by atoms with van der Waals surface area (Å²) in [5.74, 6) is 0.999. The molecule has 90 valence electrons. The molecule has 0 amide bonds. The summed E-state index contributed by atoms with van der Waals surface area (Å²) in [5, 5.41) is 6.66. The Labute approximate surface area is 98.7 Å². The van der Waals surface area contributed by atoms with Crippen LogP contribution < -0.4 is 10.6 Å². The van der Waals surface area contributed by atoms with Gasteiger partial charge in [-0.15, -0.1) is 0 Å². The summed E-state index contributed by atoms with van der Waals surface area (Å²) in [4.78, 5) is 4.59. The number of aromatic nitrogens is 1. The van der Waals surface area contributed by atoms with E-state index >= 15 is 0 Å². The summed E-state index contributed by atoms with van der Waals surface area (Å²) in [6.45, 7) is 11.5. The van der Waals surface area contributed by atoms with Crippen molar-refractivity contribution in [2.24, 2.45) is 0 Å². The molecule has 1 rings (SSSR count). The highest BCUT2D eigenvalue weighted by molar-refractivity contribution is 5.50. The van der Waals surface area contributed by atoms with E-state index in [9.17, 15) is 0 Å². The van der Waals surface area contributed by atoms with E-state index in [1.54, 1.807) is 0 Å². The van der Waals surface area contributed by atoms with Gasteiger partial charge in [0, 0.05) is 23.3 Å². The molecular formula is C13H23N3. The summed E-state index contributed by atoms with van der Waals surface area (Å²) in [5.41, 5.74) is 3.64. The first-order valence-corrected chi connectivity index (χ1v) is 5.73. The number of hydrogen-bond donors (Lipinski definition) is 2. The Morgan fingerprint density at radius 1 is 1.25 bits per heavy atom. The lowest BCUT2D eigenvalue weighted by Gasteiger charge is -2.24. The van der Waals surface area contributed by atoms with Crippen LogP contribution in [0.3, 0.4) is 0 Å². The van der Waals surface area contributed by atoms with Crippen molar-refractivity contribution in [1.29, 1.82) is 0 Å². The van der Waals surface area contributed by atoms with Gasteiger partial charge in [-0.3, -0.25) is 0 Å². The number of aryl methyl sites for hydroxylation is 2. The van der Waals surface area contributed by atoms with E-state index in [1.807, 2.05) is 14.0 Å². The van der Waals surface area contributed by atoms with E-state index < -0.39 is 0 Å². The average Bonchev–Trinajstić information content (AvgIpc) is 2.08. The predicted molar refractivity (Wildman–Crippen MR) is 69.9 cm³/mol. The molecule has 0 spiro atoms. The smallest absolute Gasteiger partial charge is 0.131 e. The second kappa shape index (κ2) is 4.83. The van der Waals surface area contributed by atoms with Gasteiger partial charge < -0.3 is 10.6 Å². The predicted octanol–water partition coefficient (Wildman–Crippen LogP) is 2.63. The Bertz CT molecular complexity index is 364. The van der Waals surface area contributed by atoms with Gasteiger partial charge in [0.1, 0.15) is 5.82 Å². The van der Waals surface area contributed by atoms with E-state index in [1.165, 1.54) is 11.1 Å². The van der Waals surface area contributed by atoms with Crippen molar-refractivity contribution in [3.05, 3.63) is 22.9 Å². The first kappa shape index (κ1) is 13.0. The molecule has 0 saturated heterocycles. The minimum absolute atomic E-state index is 0.0374. The topological polar surface area (TPSA) is 37.0 Å². The fourth-order valence-electron chi connectivity index (χ4n) is 1.72. The van der Waals surface area contributed by atoms with Crippen molar-refractivity contribution in [3.63, 3.8) is 0 Å². The molecule has 2 N–H and O–H groups in total. The zero-order chi connectivity index (χ0) is 12.3. The van der Waals surface area contributed by atoms with Gasteiger partial charge in [-0.2, -0.15) is 0 Å². The van der Waals surface area contributed by atoms with Crippen LogP contribution in [0.4, 0.5) is 5.82 Å². The quantitative estimate of drug-likeness (QED) is 0.824. The molecule has 0 aliphatic carbocycles. The lowest BCUT2D eigenvalue weighted by molar-refractivity contribution is 0.626. The molecule has 0 radical (unpaired) electrons. The van der Waals surface area contributed by atoms with Gasteiger partial charge in [-0.25, -0.2) is 4.98 Å². The minimum Gasteiger partial charge on any atom is -0.365 e. The second-order valence-corrected chi connectivity index (χ2v) is 5.31. The van der Waals surface area contributed by atoms with Crippen molar-refractivity contribution >= 4 is 5.82 Å². The van der Waals surface area contributed by atoms with Crippen LogP contribution in [0.5, 0.6) is 0 Å². The number of anilines is 1. The first-order valence-electron chi connectivity index (χ1n) is 5.73. The summed E-state index contributed by atoms with van der Waals surface area (Å²) in [6.07, 6.45) is 0. The van der Waals surface area contributed by atoms with Gasteiger partial charge in [-0.05, 0) is 53.3 Å². The van der Waals surface area contributed by atoms with Gasteiger partial charge >= 0.3 is 0 Å². The zero-order valence-electron chi connectivity index (χ0n) is 11.2. The van der Waals surface area contributed by atoms with Crippen LogP contribution in [-0.2, 0) is 6.54 Å². The van der Waals surface area contributed by atoms with Crippen molar-refractivity contribution in [1.82, 2.24) is 10.3 Å². The largest absolute Gasteiger partial charge is 0.365 e. The minimum atomic E-state index is 0.0374. The van der Waals surface area contributed by atoms with Crippen LogP contribution in [0.1, 0.15) is 37.6 Å². The maximum Gasteiger partial charge on any atom is 0.131 e. The molecule has 0 unspecified atom stereocenters. The molecule has 0 aromatic carbocycles. The third-order valence-corrected chi connectivity index (χ3v) is 2.32. The van der Waals surface area contributed by atoms with Crippen LogP contribution in [0.2, 0.25) is 0 Å². The van der Waals surface area contributed by atoms with Gasteiger partial charge in [0.05, 0.1) is 0 Å². The van der Waals surface area contributed by atoms with Crippen LogP contribution in [0.25, 0.3) is 0 Å². The highest BCUT2D eigenvalue weighted by Gasteiger charge is 2.14. The SMILES string of the molecule is CNCc1c(C)cc(C)nc1NC(C)(C)C. The Kier molecular flexibility index (Phi) is 3.92. The molecule has 1 aromatic rings. The molecule has 0 atom stereocenters. The molecule has 3 heteroatoms. The van der Waals surface area contributed by atoms with Crippen LogP contribution in [0.15, 0.2) is 6.07 Å². The number of nitrogens with zero attached hydrogens (tertiary/aromatic N) is 1. The molecule has 16 heavy (non-hydrogen) atoms. The van der Waals surface area contributed by atoms with Crippen molar-refractivity contribution in [3.8, 4) is 0 Å². The Hall–Kier alpha value is -1.09. The van der Waals surface area contributed by atoms with E-state index in [0.717, 1.165) is 18.1 Å². The van der Waals surface area contributed by atoms with Gasteiger partial charge in [0.25, 0.3) is 0 Å². The zero-order valence-corrected chi connectivity index (χ0v) is 11.2. The second-order valence-electron chi connectivity index (χ2n) is 5.31. The average molecular weight is 221 g/mol. The van der Waals surface area contributed by atoms with Gasteiger partial charge in [-0.1, -0.05) is 0 Å². The summed E-state index contributed by atoms with van der Waals surface area (Å²) in [7, 11) is 1.96. The van der Waals surface area contributed by atoms with Gasteiger partial charge in [0.15, 0.2) is 0 Å². The fraction of sp³-hybridized carbons (Fsp3) is 0.615. The number of rotatable bonds is 3. The van der Waals surface area contributed by atoms with Crippen LogP contribution >= 0.6 is 0 Å². The maximum absolute atomic E-state index is 4.59. The third kappa shape index (κ3) is 3.49. The van der Waals surface area contributed by atoms with Crippen LogP contribution in [-0.4, -0.2) is 17.6 Å². The monoisotopic (exact) mass is 221 g/mol. The Morgan fingerprint density at radius 3 is 2.38 bits per heavy atom. The lowest BCUT2D eigenvalue weighted by atomic mass is 10.1. The molecular weight excluding hydrogens is 198 g/mol. The molecule has 0 bridgehead atoms. The molecule has 0 fully saturated rings. The number of nitrogens with one attached hydrogen (secondary N) is 2. The number of hydrogen-bond acceptors (Lipinski definition) is 3. The molecule has 1 aromatic heterocycles. The van der Waals surface area contributed by atoms with E-state index in [0.29, 0.717) is 0 Å². The van der Waals surface area contributed by atoms with Gasteiger partial charge in [0.2, 0.25) is 0 Å². The maximum atomic E-state index is 4.59. The highest BCUT2D eigenvalue weighted by Crippen LogP contribution is 2.21. The Morgan fingerprint density at radius 2 is 1.88 bits per heavy atom. The molecule has 1 heterocycles. The number of pyridine rings is 1. The standard InChI is InChI=1S/C13H23N3/c1-9-7-10(2)15-12(11(9)8-14-6)16-13(3,4)5/h7,14H,8H2,1-6H3,(H,15,16). The lowest BCUT2D eigenvalue weighted by Crippen LogP contribution is -2.28. The molecule has 0 saturated carbocycles. The third-order valence-electron chi connectivity index (χ3n) is 2.32. The Balaban J connectivity index is 3.13. The van der Waals surface area contributed by atoms with E-state index in [-0.39, 0.29) is 5.54 Å². The molecule has 0 aliphatic rings. The summed E-state index contributed by atoms with van der Waals surface area (Å²) >= 11 is 0. The highest BCUT2D eigenvalue weighted by atomic mass is 15.0. The van der Waals surface area contributed by atoms with Crippen molar-refractivity contribution in [2.45, 2.75) is 46.7 Å². The van der Waals surface area contributed by atoms with Crippen molar-refractivity contribution in [2.75, 3.05) is 12.4 Å².